The molecule has 8 heteroatoms. The maximum Gasteiger partial charge on any atom is 0.193 e. The van der Waals surface area contributed by atoms with Crippen LogP contribution in [0.1, 0.15) is 37.3 Å². The fourth-order valence-electron chi connectivity index (χ4n) is 2.90. The van der Waals surface area contributed by atoms with Crippen molar-refractivity contribution in [1.82, 2.24) is 10.2 Å². The van der Waals surface area contributed by atoms with Gasteiger partial charge in [0, 0.05) is 33.3 Å². The Labute approximate surface area is 193 Å². The molecule has 0 aromatic heterocycles. The quantitative estimate of drug-likeness (QED) is 0.215. The van der Waals surface area contributed by atoms with Crippen molar-refractivity contribution in [1.29, 1.82) is 0 Å². The van der Waals surface area contributed by atoms with Gasteiger partial charge < -0.3 is 15.0 Å². The highest BCUT2D eigenvalue weighted by atomic mass is 127. The maximum absolute atomic E-state index is 12.9. The highest BCUT2D eigenvalue weighted by Crippen LogP contribution is 2.28. The number of aryl methyl sites for hydroxylation is 2. The molecule has 0 radical (unpaired) electrons. The summed E-state index contributed by atoms with van der Waals surface area (Å²) < 4.78 is 31.4. The van der Waals surface area contributed by atoms with Crippen LogP contribution in [0.15, 0.2) is 28.1 Å². The Morgan fingerprint density at radius 2 is 2.00 bits per heavy atom. The van der Waals surface area contributed by atoms with Gasteiger partial charge in [0.05, 0.1) is 17.3 Å². The van der Waals surface area contributed by atoms with E-state index in [9.17, 15) is 8.42 Å². The molecule has 1 aliphatic rings. The Morgan fingerprint density at radius 1 is 1.31 bits per heavy atom. The van der Waals surface area contributed by atoms with Gasteiger partial charge in [-0.2, -0.15) is 0 Å². The lowest BCUT2D eigenvalue weighted by molar-refractivity contribution is 0.115. The predicted molar refractivity (Wildman–Crippen MR) is 130 cm³/mol. The average molecular weight is 538 g/mol. The molecule has 0 heterocycles. The topological polar surface area (TPSA) is 71.0 Å². The van der Waals surface area contributed by atoms with Crippen molar-refractivity contribution in [3.05, 3.63) is 29.3 Å². The summed E-state index contributed by atoms with van der Waals surface area (Å²) in [4.78, 5) is 6.68. The fourth-order valence-corrected chi connectivity index (χ4v) is 4.57. The number of nitrogens with one attached hydrogen (secondary N) is 1. The molecule has 1 atom stereocenters. The largest absolute Gasteiger partial charge is 0.379 e. The van der Waals surface area contributed by atoms with Crippen LogP contribution < -0.4 is 5.32 Å². The molecule has 1 fully saturated rings. The number of ether oxygens (including phenoxy) is 1. The van der Waals surface area contributed by atoms with Gasteiger partial charge in [-0.05, 0) is 62.3 Å². The van der Waals surface area contributed by atoms with Gasteiger partial charge in [0.1, 0.15) is 0 Å². The molecule has 1 aromatic carbocycles. The van der Waals surface area contributed by atoms with Crippen LogP contribution in [-0.4, -0.2) is 64.9 Å². The van der Waals surface area contributed by atoms with E-state index >= 15 is 0 Å². The van der Waals surface area contributed by atoms with Gasteiger partial charge >= 0.3 is 0 Å². The Bertz CT molecular complexity index is 779. The first-order valence-electron chi connectivity index (χ1n) is 10.1. The number of guanidine groups is 1. The SMILES string of the molecule is CCC(CS(=O)(=O)c1ccc(C)c(C)c1)NC(=NC)N(C)CCOCC1CC1.I. The van der Waals surface area contributed by atoms with Gasteiger partial charge in [-0.1, -0.05) is 13.0 Å². The van der Waals surface area contributed by atoms with Crippen molar-refractivity contribution < 1.29 is 13.2 Å². The molecule has 0 saturated heterocycles. The number of nitrogens with zero attached hydrogens (tertiary/aromatic N) is 2. The van der Waals surface area contributed by atoms with Gasteiger partial charge in [0.25, 0.3) is 0 Å². The van der Waals surface area contributed by atoms with E-state index in [-0.39, 0.29) is 35.8 Å². The molecule has 2 rings (SSSR count). The van der Waals surface area contributed by atoms with E-state index in [1.54, 1.807) is 19.2 Å². The van der Waals surface area contributed by atoms with Crippen molar-refractivity contribution in [2.24, 2.45) is 10.9 Å². The summed E-state index contributed by atoms with van der Waals surface area (Å²) in [5.74, 6) is 1.48. The predicted octanol–water partition coefficient (Wildman–Crippen LogP) is 3.41. The van der Waals surface area contributed by atoms with Gasteiger partial charge in [-0.25, -0.2) is 8.42 Å². The number of benzene rings is 1. The van der Waals surface area contributed by atoms with Gasteiger partial charge in [0.2, 0.25) is 0 Å². The van der Waals surface area contributed by atoms with Crippen LogP contribution >= 0.6 is 24.0 Å². The van der Waals surface area contributed by atoms with Crippen LogP contribution in [0.25, 0.3) is 0 Å². The van der Waals surface area contributed by atoms with Crippen LogP contribution in [-0.2, 0) is 14.6 Å². The Balaban J connectivity index is 0.00000420. The first-order chi connectivity index (χ1) is 13.3. The summed E-state index contributed by atoms with van der Waals surface area (Å²) in [7, 11) is 0.287. The van der Waals surface area contributed by atoms with Gasteiger partial charge in [-0.15, -0.1) is 24.0 Å². The van der Waals surface area contributed by atoms with Crippen molar-refractivity contribution in [3.8, 4) is 0 Å². The molecule has 0 amide bonds. The molecule has 1 unspecified atom stereocenters. The van der Waals surface area contributed by atoms with Gasteiger partial charge in [0.15, 0.2) is 15.8 Å². The van der Waals surface area contributed by atoms with Gasteiger partial charge in [-0.3, -0.25) is 4.99 Å². The van der Waals surface area contributed by atoms with E-state index in [1.807, 2.05) is 38.8 Å². The highest BCUT2D eigenvalue weighted by Gasteiger charge is 2.23. The number of halogens is 1. The molecule has 0 bridgehead atoms. The molecule has 0 aliphatic heterocycles. The standard InChI is InChI=1S/C21H35N3O3S.HI/c1-6-19(15-28(25,26)20-10-7-16(2)17(3)13-20)23-21(22-4)24(5)11-12-27-14-18-8-9-18;/h7,10,13,18-19H,6,8-9,11-12,14-15H2,1-5H3,(H,22,23);1H. The summed E-state index contributed by atoms with van der Waals surface area (Å²) in [6, 6.07) is 5.11. The summed E-state index contributed by atoms with van der Waals surface area (Å²) >= 11 is 0. The molecule has 1 aliphatic carbocycles. The summed E-state index contributed by atoms with van der Waals surface area (Å²) in [6.07, 6.45) is 3.26. The molecular formula is C21H36IN3O3S. The van der Waals surface area contributed by atoms with Crippen LogP contribution in [0, 0.1) is 19.8 Å². The summed E-state index contributed by atoms with van der Waals surface area (Å²) in [5, 5.41) is 3.31. The molecule has 29 heavy (non-hydrogen) atoms. The number of hydrogen-bond acceptors (Lipinski definition) is 4. The average Bonchev–Trinajstić information content (AvgIpc) is 3.48. The third-order valence-corrected chi connectivity index (χ3v) is 7.09. The molecule has 166 valence electrons. The molecular weight excluding hydrogens is 501 g/mol. The molecule has 1 N–H and O–H groups in total. The zero-order chi connectivity index (χ0) is 20.7. The first kappa shape index (κ1) is 26.2. The lowest BCUT2D eigenvalue weighted by atomic mass is 10.1. The number of likely N-dealkylation sites (N-methyl/N-ethyl adjacent to an activating group) is 1. The van der Waals surface area contributed by atoms with E-state index in [2.05, 4.69) is 10.3 Å². The van der Waals surface area contributed by atoms with Crippen molar-refractivity contribution in [3.63, 3.8) is 0 Å². The first-order valence-corrected chi connectivity index (χ1v) is 11.7. The summed E-state index contributed by atoms with van der Waals surface area (Å²) in [5.41, 5.74) is 2.08. The van der Waals surface area contributed by atoms with E-state index in [0.29, 0.717) is 30.4 Å². The molecule has 1 saturated carbocycles. The van der Waals surface area contributed by atoms with E-state index in [0.717, 1.165) is 23.7 Å². The minimum Gasteiger partial charge on any atom is -0.379 e. The maximum atomic E-state index is 12.9. The lowest BCUT2D eigenvalue weighted by Crippen LogP contribution is -2.47. The molecule has 0 spiro atoms. The second-order valence-corrected chi connectivity index (χ2v) is 9.80. The van der Waals surface area contributed by atoms with Crippen molar-refractivity contribution in [2.75, 3.05) is 39.6 Å². The Hall–Kier alpha value is -0.870. The Kier molecular flexibility index (Phi) is 10.9. The van der Waals surface area contributed by atoms with Crippen molar-refractivity contribution in [2.45, 2.75) is 51.0 Å². The normalized spacial score (nSPS) is 15.6. The Morgan fingerprint density at radius 3 is 2.55 bits per heavy atom. The smallest absolute Gasteiger partial charge is 0.193 e. The van der Waals surface area contributed by atoms with Crippen LogP contribution in [0.4, 0.5) is 0 Å². The molecule has 1 aromatic rings. The third-order valence-electron chi connectivity index (χ3n) is 5.28. The number of hydrogen-bond donors (Lipinski definition) is 1. The third kappa shape index (κ3) is 8.41. The summed E-state index contributed by atoms with van der Waals surface area (Å²) in [6.45, 7) is 8.10. The van der Waals surface area contributed by atoms with Crippen LogP contribution in [0.5, 0.6) is 0 Å². The minimum atomic E-state index is -3.37. The zero-order valence-electron chi connectivity index (χ0n) is 18.3. The highest BCUT2D eigenvalue weighted by molar-refractivity contribution is 14.0. The van der Waals surface area contributed by atoms with Crippen molar-refractivity contribution >= 4 is 39.8 Å². The van der Waals surface area contributed by atoms with Crippen LogP contribution in [0.3, 0.4) is 0 Å². The number of rotatable bonds is 10. The second-order valence-electron chi connectivity index (χ2n) is 7.76. The number of aliphatic imine (C=N–C) groups is 1. The van der Waals surface area contributed by atoms with E-state index < -0.39 is 9.84 Å². The minimum absolute atomic E-state index is 0. The van der Waals surface area contributed by atoms with E-state index in [1.165, 1.54) is 12.8 Å². The van der Waals surface area contributed by atoms with Crippen LogP contribution in [0.2, 0.25) is 0 Å². The van der Waals surface area contributed by atoms with E-state index in [4.69, 9.17) is 4.74 Å². The second kappa shape index (κ2) is 12.1. The monoisotopic (exact) mass is 537 g/mol. The zero-order valence-corrected chi connectivity index (χ0v) is 21.4. The number of sulfone groups is 1. The lowest BCUT2D eigenvalue weighted by Gasteiger charge is -2.26. The molecule has 6 nitrogen and oxygen atoms in total. The fraction of sp³-hybridized carbons (Fsp3) is 0.667.